The first-order valence-corrected chi connectivity index (χ1v) is 14.0. The fourth-order valence-electron chi connectivity index (χ4n) is 5.00. The monoisotopic (exact) mass is 476 g/mol. The molecule has 0 saturated carbocycles. The van der Waals surface area contributed by atoms with E-state index < -0.39 is 20.5 Å². The standard InChI is InChI=1S/C29H36O4Si/c1-22-27(30)28(31-20-23-14-8-5-9-15-23)26(33-22)21-32-34(29(2,3)4,24-16-10-6-11-17-24)25-18-12-7-13-19-25/h5-19,22,26-28,30H,20-21H2,1-4H3/t22-,26+,27+,28+/m0/s1. The fraction of sp³-hybridized carbons (Fsp3) is 0.379. The van der Waals surface area contributed by atoms with E-state index in [9.17, 15) is 5.11 Å². The van der Waals surface area contributed by atoms with Crippen molar-refractivity contribution < 1.29 is 19.0 Å². The third kappa shape index (κ3) is 5.04. The van der Waals surface area contributed by atoms with Gasteiger partial charge in [-0.3, -0.25) is 0 Å². The molecule has 1 aliphatic heterocycles. The van der Waals surface area contributed by atoms with Crippen molar-refractivity contribution in [3.8, 4) is 0 Å². The first kappa shape index (κ1) is 24.8. The fourth-order valence-corrected chi connectivity index (χ4v) is 9.57. The van der Waals surface area contributed by atoms with Crippen LogP contribution in [0.5, 0.6) is 0 Å². The predicted molar refractivity (Wildman–Crippen MR) is 139 cm³/mol. The maximum Gasteiger partial charge on any atom is 0.261 e. The number of rotatable bonds is 8. The minimum Gasteiger partial charge on any atom is -0.405 e. The normalized spacial score (nSPS) is 23.2. The highest BCUT2D eigenvalue weighted by Gasteiger charge is 2.52. The summed E-state index contributed by atoms with van der Waals surface area (Å²) in [6.07, 6.45) is -1.81. The first-order valence-electron chi connectivity index (χ1n) is 12.1. The Labute approximate surface area is 204 Å². The summed E-state index contributed by atoms with van der Waals surface area (Å²) in [4.78, 5) is 0. The van der Waals surface area contributed by atoms with Crippen molar-refractivity contribution in [1.82, 2.24) is 0 Å². The zero-order valence-corrected chi connectivity index (χ0v) is 21.6. The van der Waals surface area contributed by atoms with Crippen LogP contribution in [0.25, 0.3) is 0 Å². The molecule has 0 amide bonds. The lowest BCUT2D eigenvalue weighted by atomic mass is 10.1. The van der Waals surface area contributed by atoms with Gasteiger partial charge in [-0.05, 0) is 27.9 Å². The van der Waals surface area contributed by atoms with Crippen molar-refractivity contribution in [1.29, 1.82) is 0 Å². The molecule has 1 N–H and O–H groups in total. The van der Waals surface area contributed by atoms with Crippen LogP contribution in [0, 0.1) is 0 Å². The van der Waals surface area contributed by atoms with Crippen molar-refractivity contribution in [2.45, 2.75) is 63.8 Å². The molecule has 180 valence electrons. The Hall–Kier alpha value is -2.28. The molecular formula is C29H36O4Si. The van der Waals surface area contributed by atoms with Gasteiger partial charge in [-0.2, -0.15) is 0 Å². The van der Waals surface area contributed by atoms with Gasteiger partial charge < -0.3 is 19.0 Å². The van der Waals surface area contributed by atoms with E-state index in [1.54, 1.807) is 0 Å². The summed E-state index contributed by atoms with van der Waals surface area (Å²) in [6.45, 7) is 9.45. The van der Waals surface area contributed by atoms with Gasteiger partial charge >= 0.3 is 0 Å². The summed E-state index contributed by atoms with van der Waals surface area (Å²) in [5.41, 5.74) is 1.07. The number of ether oxygens (including phenoxy) is 2. The molecule has 1 heterocycles. The first-order chi connectivity index (χ1) is 16.3. The van der Waals surface area contributed by atoms with Crippen LogP contribution in [0.15, 0.2) is 91.0 Å². The van der Waals surface area contributed by atoms with E-state index in [2.05, 4.69) is 69.3 Å². The van der Waals surface area contributed by atoms with Crippen LogP contribution in [0.2, 0.25) is 5.04 Å². The second-order valence-electron chi connectivity index (χ2n) is 10.1. The van der Waals surface area contributed by atoms with E-state index in [0.717, 1.165) is 5.56 Å². The summed E-state index contributed by atoms with van der Waals surface area (Å²) in [5, 5.41) is 13.2. The van der Waals surface area contributed by atoms with Crippen molar-refractivity contribution in [2.75, 3.05) is 6.61 Å². The van der Waals surface area contributed by atoms with Crippen molar-refractivity contribution in [3.63, 3.8) is 0 Å². The molecule has 0 aromatic heterocycles. The summed E-state index contributed by atoms with van der Waals surface area (Å²) < 4.78 is 19.4. The Morgan fingerprint density at radius 2 is 1.32 bits per heavy atom. The highest BCUT2D eigenvalue weighted by molar-refractivity contribution is 6.99. The molecule has 0 spiro atoms. The molecule has 3 aromatic carbocycles. The van der Waals surface area contributed by atoms with Crippen LogP contribution in [0.3, 0.4) is 0 Å². The number of aliphatic hydroxyl groups is 1. The van der Waals surface area contributed by atoms with Crippen molar-refractivity contribution in [2.24, 2.45) is 0 Å². The molecule has 0 radical (unpaired) electrons. The topological polar surface area (TPSA) is 47.9 Å². The van der Waals surface area contributed by atoms with E-state index in [1.807, 2.05) is 49.4 Å². The molecule has 0 aliphatic carbocycles. The summed E-state index contributed by atoms with van der Waals surface area (Å²) in [5.74, 6) is 0. The molecule has 4 atom stereocenters. The van der Waals surface area contributed by atoms with E-state index in [4.69, 9.17) is 13.9 Å². The van der Waals surface area contributed by atoms with Gasteiger partial charge in [-0.15, -0.1) is 0 Å². The second-order valence-corrected chi connectivity index (χ2v) is 14.4. The van der Waals surface area contributed by atoms with Gasteiger partial charge in [0.25, 0.3) is 8.32 Å². The van der Waals surface area contributed by atoms with Crippen LogP contribution >= 0.6 is 0 Å². The molecule has 1 aliphatic rings. The second kappa shape index (κ2) is 10.5. The Bertz CT molecular complexity index is 981. The zero-order chi connectivity index (χ0) is 24.2. The van der Waals surface area contributed by atoms with Crippen LogP contribution in [-0.4, -0.2) is 44.4 Å². The van der Waals surface area contributed by atoms with Crippen LogP contribution < -0.4 is 10.4 Å². The summed E-state index contributed by atoms with van der Waals surface area (Å²) in [7, 11) is -2.69. The van der Waals surface area contributed by atoms with Crippen LogP contribution in [0.1, 0.15) is 33.3 Å². The minimum absolute atomic E-state index is 0.126. The average molecular weight is 477 g/mol. The Morgan fingerprint density at radius 3 is 1.82 bits per heavy atom. The molecule has 0 bridgehead atoms. The number of aliphatic hydroxyl groups excluding tert-OH is 1. The molecule has 34 heavy (non-hydrogen) atoms. The predicted octanol–water partition coefficient (Wildman–Crippen LogP) is 4.30. The Kier molecular flexibility index (Phi) is 7.70. The van der Waals surface area contributed by atoms with Gasteiger partial charge in [0.05, 0.1) is 19.3 Å². The Balaban J connectivity index is 1.62. The third-order valence-corrected chi connectivity index (χ3v) is 11.7. The van der Waals surface area contributed by atoms with Crippen molar-refractivity contribution in [3.05, 3.63) is 96.6 Å². The quantitative estimate of drug-likeness (QED) is 0.493. The molecule has 4 rings (SSSR count). The van der Waals surface area contributed by atoms with Gasteiger partial charge in [-0.1, -0.05) is 112 Å². The number of hydrogen-bond donors (Lipinski definition) is 1. The zero-order valence-electron chi connectivity index (χ0n) is 20.6. The highest BCUT2D eigenvalue weighted by Crippen LogP contribution is 2.37. The number of benzene rings is 3. The summed E-state index contributed by atoms with van der Waals surface area (Å²) >= 11 is 0. The van der Waals surface area contributed by atoms with E-state index in [0.29, 0.717) is 13.2 Å². The highest BCUT2D eigenvalue weighted by atomic mass is 28.4. The number of hydrogen-bond acceptors (Lipinski definition) is 4. The molecule has 0 unspecified atom stereocenters. The van der Waals surface area contributed by atoms with Gasteiger partial charge in [0.15, 0.2) is 0 Å². The lowest BCUT2D eigenvalue weighted by Crippen LogP contribution is -2.67. The van der Waals surface area contributed by atoms with Crippen LogP contribution in [0.4, 0.5) is 0 Å². The molecular weight excluding hydrogens is 440 g/mol. The lowest BCUT2D eigenvalue weighted by molar-refractivity contribution is -0.0589. The maximum atomic E-state index is 10.8. The van der Waals surface area contributed by atoms with Crippen molar-refractivity contribution >= 4 is 18.7 Å². The molecule has 4 nitrogen and oxygen atoms in total. The van der Waals surface area contributed by atoms with Gasteiger partial charge in [0.2, 0.25) is 0 Å². The Morgan fingerprint density at radius 1 is 0.824 bits per heavy atom. The molecule has 1 fully saturated rings. The molecule has 5 heteroatoms. The third-order valence-electron chi connectivity index (χ3n) is 6.74. The van der Waals surface area contributed by atoms with Crippen LogP contribution in [-0.2, 0) is 20.5 Å². The summed E-state index contributed by atoms with van der Waals surface area (Å²) in [6, 6.07) is 31.2. The van der Waals surface area contributed by atoms with E-state index in [-0.39, 0.29) is 17.2 Å². The van der Waals surface area contributed by atoms with Gasteiger partial charge in [0.1, 0.15) is 18.3 Å². The smallest absolute Gasteiger partial charge is 0.261 e. The van der Waals surface area contributed by atoms with E-state index >= 15 is 0 Å². The average Bonchev–Trinajstić information content (AvgIpc) is 3.12. The van der Waals surface area contributed by atoms with Gasteiger partial charge in [0, 0.05) is 0 Å². The molecule has 3 aromatic rings. The molecule has 1 saturated heterocycles. The lowest BCUT2D eigenvalue weighted by Gasteiger charge is -2.43. The van der Waals surface area contributed by atoms with E-state index in [1.165, 1.54) is 10.4 Å². The largest absolute Gasteiger partial charge is 0.405 e. The SMILES string of the molecule is C[C@@H]1O[C@H](CO[Si](c2ccccc2)(c2ccccc2)C(C)(C)C)[C@@H](OCc2ccccc2)[C@@H]1O. The maximum absolute atomic E-state index is 10.8. The van der Waals surface area contributed by atoms with Gasteiger partial charge in [-0.25, -0.2) is 0 Å². The minimum atomic E-state index is -2.69.